The largest absolute Gasteiger partial charge is 0.416 e. The molecule has 0 aromatic heterocycles. The van der Waals surface area contributed by atoms with E-state index in [0.717, 1.165) is 33.9 Å². The molecule has 1 amide bonds. The zero-order chi connectivity index (χ0) is 23.9. The molecular weight excluding hydrogens is 521 g/mol. The first-order valence-electron chi connectivity index (χ1n) is 10.2. The van der Waals surface area contributed by atoms with Crippen LogP contribution in [0, 0.1) is 0 Å². The van der Waals surface area contributed by atoms with Crippen molar-refractivity contribution < 1.29 is 22.8 Å². The van der Waals surface area contributed by atoms with Crippen LogP contribution in [0.25, 0.3) is 0 Å². The monoisotopic (exact) mass is 538 g/mol. The summed E-state index contributed by atoms with van der Waals surface area (Å²) in [4.78, 5) is 26.3. The van der Waals surface area contributed by atoms with Crippen molar-refractivity contribution in [3.05, 3.63) is 85.6 Å². The third kappa shape index (κ3) is 4.73. The van der Waals surface area contributed by atoms with E-state index >= 15 is 0 Å². The van der Waals surface area contributed by atoms with Gasteiger partial charge in [0.2, 0.25) is 0 Å². The van der Waals surface area contributed by atoms with E-state index in [9.17, 15) is 22.8 Å². The summed E-state index contributed by atoms with van der Waals surface area (Å²) in [7, 11) is 0. The van der Waals surface area contributed by atoms with Gasteiger partial charge in [0.15, 0.2) is 5.78 Å². The Morgan fingerprint density at radius 3 is 2.52 bits per heavy atom. The van der Waals surface area contributed by atoms with Crippen molar-refractivity contribution in [1.29, 1.82) is 0 Å². The Morgan fingerprint density at radius 1 is 1.15 bits per heavy atom. The maximum absolute atomic E-state index is 13.4. The van der Waals surface area contributed by atoms with E-state index < -0.39 is 23.6 Å². The van der Waals surface area contributed by atoms with Gasteiger partial charge in [-0.3, -0.25) is 9.59 Å². The van der Waals surface area contributed by atoms with Crippen molar-refractivity contribution in [2.24, 2.45) is 0 Å². The van der Waals surface area contributed by atoms with Crippen LogP contribution in [0.3, 0.4) is 0 Å². The molecule has 1 aliphatic heterocycles. The van der Waals surface area contributed by atoms with Crippen molar-refractivity contribution >= 4 is 44.9 Å². The average Bonchev–Trinajstić information content (AvgIpc) is 2.74. The number of allylic oxidation sites excluding steroid dienone is 3. The van der Waals surface area contributed by atoms with Gasteiger partial charge in [-0.25, -0.2) is 0 Å². The molecule has 0 fully saturated rings. The molecule has 1 aliphatic carbocycles. The summed E-state index contributed by atoms with van der Waals surface area (Å²) in [6, 6.07) is 10.0. The van der Waals surface area contributed by atoms with Gasteiger partial charge < -0.3 is 10.6 Å². The maximum Gasteiger partial charge on any atom is 0.416 e. The number of alkyl halides is 3. The van der Waals surface area contributed by atoms with E-state index in [1.54, 1.807) is 6.92 Å². The first-order valence-corrected chi connectivity index (χ1v) is 11.4. The number of nitrogens with one attached hydrogen (secondary N) is 2. The SMILES string of the molecule is CC1=C(C(=O)Nc2cc(C(F)(F)F)ccc2Cl)[C@H](c2ccc(Br)cc2)C2=C(CCCC2=O)N1. The second-order valence-electron chi connectivity index (χ2n) is 7.96. The quantitative estimate of drug-likeness (QED) is 0.455. The third-order valence-corrected chi connectivity index (χ3v) is 6.62. The summed E-state index contributed by atoms with van der Waals surface area (Å²) >= 11 is 9.48. The van der Waals surface area contributed by atoms with Gasteiger partial charge in [0.1, 0.15) is 0 Å². The number of benzene rings is 2. The van der Waals surface area contributed by atoms with Gasteiger partial charge in [0, 0.05) is 39.4 Å². The van der Waals surface area contributed by atoms with Gasteiger partial charge in [-0.1, -0.05) is 39.7 Å². The minimum absolute atomic E-state index is 0.0211. The second-order valence-corrected chi connectivity index (χ2v) is 9.29. The molecule has 1 heterocycles. The minimum Gasteiger partial charge on any atom is -0.362 e. The Labute approximate surface area is 202 Å². The van der Waals surface area contributed by atoms with Crippen LogP contribution in [0.2, 0.25) is 5.02 Å². The molecule has 0 radical (unpaired) electrons. The zero-order valence-electron chi connectivity index (χ0n) is 17.4. The van der Waals surface area contributed by atoms with Crippen LogP contribution in [0.4, 0.5) is 18.9 Å². The molecule has 1 atom stereocenters. The maximum atomic E-state index is 13.4. The lowest BCUT2D eigenvalue weighted by Crippen LogP contribution is -2.35. The number of amides is 1. The molecule has 9 heteroatoms. The Bertz CT molecular complexity index is 1200. The Morgan fingerprint density at radius 2 is 1.85 bits per heavy atom. The molecule has 2 aliphatic rings. The fraction of sp³-hybridized carbons (Fsp3) is 0.250. The standard InChI is InChI=1S/C24H19BrClF3N2O2/c1-12-20(23(33)31-18-11-14(24(27,28)29)7-10-16(18)26)21(13-5-8-15(25)9-6-13)22-17(30-12)3-2-4-19(22)32/h5-11,21,30H,2-4H2,1H3,(H,31,33)/t21-/m0/s1. The molecule has 4 rings (SSSR count). The number of halogens is 5. The lowest BCUT2D eigenvalue weighted by Gasteiger charge is -2.34. The number of carbonyl (C=O) groups excluding carboxylic acids is 2. The highest BCUT2D eigenvalue weighted by atomic mass is 79.9. The smallest absolute Gasteiger partial charge is 0.362 e. The van der Waals surface area contributed by atoms with Crippen molar-refractivity contribution in [3.8, 4) is 0 Å². The predicted octanol–water partition coefficient (Wildman–Crippen LogP) is 6.73. The van der Waals surface area contributed by atoms with E-state index in [0.29, 0.717) is 30.5 Å². The summed E-state index contributed by atoms with van der Waals surface area (Å²) in [5, 5.41) is 5.69. The summed E-state index contributed by atoms with van der Waals surface area (Å²) < 4.78 is 40.4. The van der Waals surface area contributed by atoms with Crippen LogP contribution >= 0.6 is 27.5 Å². The van der Waals surface area contributed by atoms with Gasteiger partial charge in [0.05, 0.1) is 16.3 Å². The van der Waals surface area contributed by atoms with Crippen LogP contribution in [0.5, 0.6) is 0 Å². The molecule has 0 bridgehead atoms. The van der Waals surface area contributed by atoms with Crippen molar-refractivity contribution in [3.63, 3.8) is 0 Å². The van der Waals surface area contributed by atoms with Crippen LogP contribution in [0.1, 0.15) is 43.2 Å². The minimum atomic E-state index is -4.58. The molecule has 2 aromatic rings. The summed E-state index contributed by atoms with van der Waals surface area (Å²) in [5.74, 6) is -1.32. The van der Waals surface area contributed by atoms with Gasteiger partial charge in [-0.15, -0.1) is 0 Å². The van der Waals surface area contributed by atoms with E-state index in [2.05, 4.69) is 26.6 Å². The average molecular weight is 540 g/mol. The highest BCUT2D eigenvalue weighted by Gasteiger charge is 2.39. The highest BCUT2D eigenvalue weighted by Crippen LogP contribution is 2.43. The normalized spacial score (nSPS) is 18.7. The molecular formula is C24H19BrClF3N2O2. The van der Waals surface area contributed by atoms with Crippen molar-refractivity contribution in [2.75, 3.05) is 5.32 Å². The number of dihydropyridines is 1. The van der Waals surface area contributed by atoms with Crippen molar-refractivity contribution in [1.82, 2.24) is 5.32 Å². The number of anilines is 1. The lowest BCUT2D eigenvalue weighted by molar-refractivity contribution is -0.137. The number of Topliss-reactive ketones (excluding diaryl/α,β-unsaturated/α-hetero) is 1. The van der Waals surface area contributed by atoms with E-state index in [1.807, 2.05) is 24.3 Å². The zero-order valence-corrected chi connectivity index (χ0v) is 19.8. The Kier molecular flexibility index (Phi) is 6.42. The van der Waals surface area contributed by atoms with E-state index in [1.165, 1.54) is 0 Å². The molecule has 0 saturated carbocycles. The summed E-state index contributed by atoms with van der Waals surface area (Å²) in [5.41, 5.74) is 1.77. The lowest BCUT2D eigenvalue weighted by atomic mass is 9.75. The summed E-state index contributed by atoms with van der Waals surface area (Å²) in [6.07, 6.45) is -2.81. The summed E-state index contributed by atoms with van der Waals surface area (Å²) in [6.45, 7) is 1.72. The van der Waals surface area contributed by atoms with Crippen molar-refractivity contribution in [2.45, 2.75) is 38.3 Å². The molecule has 4 nitrogen and oxygen atoms in total. The Balaban J connectivity index is 1.77. The van der Waals surface area contributed by atoms with Crippen LogP contribution < -0.4 is 10.6 Å². The Hall–Kier alpha value is -2.58. The molecule has 0 spiro atoms. The number of hydrogen-bond acceptors (Lipinski definition) is 3. The van der Waals surface area contributed by atoms with Crippen LogP contribution in [-0.4, -0.2) is 11.7 Å². The molecule has 0 unspecified atom stereocenters. The van der Waals surface area contributed by atoms with E-state index in [-0.39, 0.29) is 22.1 Å². The molecule has 2 aromatic carbocycles. The molecule has 33 heavy (non-hydrogen) atoms. The number of hydrogen-bond donors (Lipinski definition) is 2. The number of rotatable bonds is 3. The molecule has 172 valence electrons. The number of carbonyl (C=O) groups is 2. The topological polar surface area (TPSA) is 58.2 Å². The van der Waals surface area contributed by atoms with Gasteiger partial charge in [-0.2, -0.15) is 13.2 Å². The first kappa shape index (κ1) is 23.6. The first-order chi connectivity index (χ1) is 15.6. The molecule has 2 N–H and O–H groups in total. The second kappa shape index (κ2) is 8.99. The highest BCUT2D eigenvalue weighted by molar-refractivity contribution is 9.10. The van der Waals surface area contributed by atoms with E-state index in [4.69, 9.17) is 11.6 Å². The number of ketones is 1. The van der Waals surface area contributed by atoms with Gasteiger partial charge >= 0.3 is 6.18 Å². The fourth-order valence-corrected chi connectivity index (χ4v) is 4.69. The van der Waals surface area contributed by atoms with Gasteiger partial charge in [-0.05, 0) is 55.7 Å². The molecule has 0 saturated heterocycles. The fourth-order valence-electron chi connectivity index (χ4n) is 4.26. The predicted molar refractivity (Wildman–Crippen MR) is 124 cm³/mol. The third-order valence-electron chi connectivity index (χ3n) is 5.77. The van der Waals surface area contributed by atoms with Crippen LogP contribution in [-0.2, 0) is 15.8 Å². The van der Waals surface area contributed by atoms with Gasteiger partial charge in [0.25, 0.3) is 5.91 Å². The van der Waals surface area contributed by atoms with Crippen LogP contribution in [0.15, 0.2) is 69.5 Å².